The normalized spacial score (nSPS) is 21.5. The second-order valence-corrected chi connectivity index (χ2v) is 4.33. The first-order valence-corrected chi connectivity index (χ1v) is 5.90. The van der Waals surface area contributed by atoms with Crippen LogP contribution in [0.25, 0.3) is 0 Å². The molecular formula is C13H20N2. The van der Waals surface area contributed by atoms with Gasteiger partial charge in [0.15, 0.2) is 0 Å². The third-order valence-electron chi connectivity index (χ3n) is 3.00. The summed E-state index contributed by atoms with van der Waals surface area (Å²) in [6, 6.07) is 10.6. The van der Waals surface area contributed by atoms with Gasteiger partial charge in [-0.1, -0.05) is 30.3 Å². The summed E-state index contributed by atoms with van der Waals surface area (Å²) in [6.45, 7) is 4.52. The van der Waals surface area contributed by atoms with Crippen LogP contribution in [0.15, 0.2) is 30.3 Å². The van der Waals surface area contributed by atoms with E-state index in [-0.39, 0.29) is 0 Å². The van der Waals surface area contributed by atoms with Crippen LogP contribution >= 0.6 is 0 Å². The second kappa shape index (κ2) is 5.89. The van der Waals surface area contributed by atoms with Crippen LogP contribution in [-0.4, -0.2) is 19.6 Å². The molecule has 0 aliphatic carbocycles. The lowest BCUT2D eigenvalue weighted by Crippen LogP contribution is -2.35. The Balaban J connectivity index is 1.66. The van der Waals surface area contributed by atoms with Gasteiger partial charge in [0.1, 0.15) is 0 Å². The molecule has 0 spiro atoms. The summed E-state index contributed by atoms with van der Waals surface area (Å²) in [7, 11) is 0. The lowest BCUT2D eigenvalue weighted by molar-refractivity contribution is 0.360. The van der Waals surface area contributed by atoms with Crippen molar-refractivity contribution in [3.8, 4) is 0 Å². The molecule has 1 fully saturated rings. The van der Waals surface area contributed by atoms with Gasteiger partial charge in [-0.15, -0.1) is 0 Å². The van der Waals surface area contributed by atoms with Gasteiger partial charge in [-0.25, -0.2) is 0 Å². The van der Waals surface area contributed by atoms with Gasteiger partial charge >= 0.3 is 0 Å². The monoisotopic (exact) mass is 204 g/mol. The highest BCUT2D eigenvalue weighted by Crippen LogP contribution is 2.08. The summed E-state index contributed by atoms with van der Waals surface area (Å²) in [6.07, 6.45) is 2.70. The van der Waals surface area contributed by atoms with E-state index >= 15 is 0 Å². The molecule has 1 aromatic carbocycles. The SMILES string of the molecule is c1ccc(CNC[C@H]2CCCNC2)cc1. The molecule has 0 unspecified atom stereocenters. The van der Waals surface area contributed by atoms with E-state index in [1.165, 1.54) is 31.5 Å². The van der Waals surface area contributed by atoms with Crippen LogP contribution in [0, 0.1) is 5.92 Å². The molecular weight excluding hydrogens is 184 g/mol. The van der Waals surface area contributed by atoms with Gasteiger partial charge in [0.2, 0.25) is 0 Å². The Bertz CT molecular complexity index is 265. The van der Waals surface area contributed by atoms with Crippen molar-refractivity contribution in [3.05, 3.63) is 35.9 Å². The van der Waals surface area contributed by atoms with Gasteiger partial charge in [0.05, 0.1) is 0 Å². The molecule has 0 aromatic heterocycles. The van der Waals surface area contributed by atoms with Crippen LogP contribution in [0.2, 0.25) is 0 Å². The molecule has 1 heterocycles. The summed E-state index contributed by atoms with van der Waals surface area (Å²) in [5.74, 6) is 0.822. The Labute approximate surface area is 92.1 Å². The van der Waals surface area contributed by atoms with E-state index in [2.05, 4.69) is 41.0 Å². The average Bonchev–Trinajstić information content (AvgIpc) is 2.32. The fraction of sp³-hybridized carbons (Fsp3) is 0.538. The fourth-order valence-electron chi connectivity index (χ4n) is 2.11. The van der Waals surface area contributed by atoms with Crippen molar-refractivity contribution in [2.45, 2.75) is 19.4 Å². The lowest BCUT2D eigenvalue weighted by Gasteiger charge is -2.22. The third kappa shape index (κ3) is 3.65. The highest BCUT2D eigenvalue weighted by Gasteiger charge is 2.11. The third-order valence-corrected chi connectivity index (χ3v) is 3.00. The number of hydrogen-bond donors (Lipinski definition) is 2. The van der Waals surface area contributed by atoms with Crippen LogP contribution in [0.4, 0.5) is 0 Å². The second-order valence-electron chi connectivity index (χ2n) is 4.33. The Morgan fingerprint density at radius 3 is 2.87 bits per heavy atom. The first-order chi connectivity index (χ1) is 7.45. The van der Waals surface area contributed by atoms with E-state index < -0.39 is 0 Å². The Hall–Kier alpha value is -0.860. The molecule has 1 atom stereocenters. The minimum absolute atomic E-state index is 0.822. The summed E-state index contributed by atoms with van der Waals surface area (Å²) in [4.78, 5) is 0. The van der Waals surface area contributed by atoms with E-state index in [1.807, 2.05) is 0 Å². The lowest BCUT2D eigenvalue weighted by atomic mass is 10.00. The van der Waals surface area contributed by atoms with Crippen LogP contribution in [-0.2, 0) is 6.54 Å². The van der Waals surface area contributed by atoms with Gasteiger partial charge < -0.3 is 10.6 Å². The molecule has 2 nitrogen and oxygen atoms in total. The van der Waals surface area contributed by atoms with Crippen molar-refractivity contribution in [2.24, 2.45) is 5.92 Å². The Morgan fingerprint density at radius 2 is 2.13 bits per heavy atom. The van der Waals surface area contributed by atoms with E-state index in [9.17, 15) is 0 Å². The minimum atomic E-state index is 0.822. The maximum Gasteiger partial charge on any atom is 0.0205 e. The molecule has 1 aromatic rings. The topological polar surface area (TPSA) is 24.1 Å². The van der Waals surface area contributed by atoms with Crippen molar-refractivity contribution in [2.75, 3.05) is 19.6 Å². The van der Waals surface area contributed by atoms with Crippen molar-refractivity contribution < 1.29 is 0 Å². The zero-order valence-corrected chi connectivity index (χ0v) is 9.21. The predicted octanol–water partition coefficient (Wildman–Crippen LogP) is 1.78. The molecule has 1 saturated heterocycles. The van der Waals surface area contributed by atoms with E-state index in [1.54, 1.807) is 0 Å². The fourth-order valence-corrected chi connectivity index (χ4v) is 2.11. The van der Waals surface area contributed by atoms with Gasteiger partial charge in [-0.2, -0.15) is 0 Å². The van der Waals surface area contributed by atoms with Crippen molar-refractivity contribution >= 4 is 0 Å². The number of benzene rings is 1. The number of piperidine rings is 1. The molecule has 0 amide bonds. The van der Waals surface area contributed by atoms with Crippen LogP contribution in [0.3, 0.4) is 0 Å². The van der Waals surface area contributed by atoms with E-state index in [0.29, 0.717) is 0 Å². The Morgan fingerprint density at radius 1 is 1.27 bits per heavy atom. The molecule has 15 heavy (non-hydrogen) atoms. The zero-order valence-electron chi connectivity index (χ0n) is 9.21. The first-order valence-electron chi connectivity index (χ1n) is 5.90. The van der Waals surface area contributed by atoms with Crippen molar-refractivity contribution in [1.82, 2.24) is 10.6 Å². The molecule has 2 rings (SSSR count). The van der Waals surface area contributed by atoms with Gasteiger partial charge in [0.25, 0.3) is 0 Å². The Kier molecular flexibility index (Phi) is 4.18. The van der Waals surface area contributed by atoms with Crippen LogP contribution in [0.1, 0.15) is 18.4 Å². The van der Waals surface area contributed by atoms with Crippen LogP contribution in [0.5, 0.6) is 0 Å². The molecule has 2 N–H and O–H groups in total. The molecule has 0 saturated carbocycles. The van der Waals surface area contributed by atoms with Crippen molar-refractivity contribution in [1.29, 1.82) is 0 Å². The average molecular weight is 204 g/mol. The molecule has 1 aliphatic rings. The van der Waals surface area contributed by atoms with E-state index in [4.69, 9.17) is 0 Å². The largest absolute Gasteiger partial charge is 0.316 e. The van der Waals surface area contributed by atoms with Gasteiger partial charge in [-0.05, 0) is 44.0 Å². The quantitative estimate of drug-likeness (QED) is 0.781. The highest BCUT2D eigenvalue weighted by molar-refractivity contribution is 5.14. The molecule has 0 radical (unpaired) electrons. The number of nitrogens with one attached hydrogen (secondary N) is 2. The highest BCUT2D eigenvalue weighted by atomic mass is 14.9. The summed E-state index contributed by atoms with van der Waals surface area (Å²) >= 11 is 0. The maximum atomic E-state index is 3.53. The zero-order chi connectivity index (χ0) is 10.3. The van der Waals surface area contributed by atoms with Gasteiger partial charge in [-0.3, -0.25) is 0 Å². The number of hydrogen-bond acceptors (Lipinski definition) is 2. The maximum absolute atomic E-state index is 3.53. The molecule has 2 heteroatoms. The summed E-state index contributed by atoms with van der Waals surface area (Å²) in [5.41, 5.74) is 1.38. The van der Waals surface area contributed by atoms with Crippen molar-refractivity contribution in [3.63, 3.8) is 0 Å². The standard InChI is InChI=1S/C13H20N2/c1-2-5-12(6-3-1)9-15-11-13-7-4-8-14-10-13/h1-3,5-6,13-15H,4,7-11H2/t13-/m0/s1. The van der Waals surface area contributed by atoms with Crippen LogP contribution < -0.4 is 10.6 Å². The first kappa shape index (κ1) is 10.7. The molecule has 82 valence electrons. The summed E-state index contributed by atoms with van der Waals surface area (Å²) in [5, 5.41) is 6.97. The summed E-state index contributed by atoms with van der Waals surface area (Å²) < 4.78 is 0. The molecule has 1 aliphatic heterocycles. The minimum Gasteiger partial charge on any atom is -0.316 e. The van der Waals surface area contributed by atoms with Gasteiger partial charge in [0, 0.05) is 6.54 Å². The predicted molar refractivity (Wildman–Crippen MR) is 63.7 cm³/mol. The number of rotatable bonds is 4. The molecule has 0 bridgehead atoms. The smallest absolute Gasteiger partial charge is 0.0205 e. The van der Waals surface area contributed by atoms with E-state index in [0.717, 1.165) is 19.0 Å².